The SMILES string of the molecule is COc1ccc(CC(O)c2occc2Br)cn1. The summed E-state index contributed by atoms with van der Waals surface area (Å²) in [5.74, 6) is 1.09. The van der Waals surface area contributed by atoms with Crippen molar-refractivity contribution in [3.63, 3.8) is 0 Å². The number of rotatable bonds is 4. The number of halogens is 1. The zero-order valence-electron chi connectivity index (χ0n) is 9.26. The molecule has 2 rings (SSSR count). The topological polar surface area (TPSA) is 55.5 Å². The molecule has 17 heavy (non-hydrogen) atoms. The van der Waals surface area contributed by atoms with Crippen LogP contribution in [0.15, 0.2) is 39.5 Å². The van der Waals surface area contributed by atoms with Gasteiger partial charge in [0.25, 0.3) is 0 Å². The molecule has 0 bridgehead atoms. The second kappa shape index (κ2) is 5.33. The van der Waals surface area contributed by atoms with Crippen molar-refractivity contribution in [2.45, 2.75) is 12.5 Å². The van der Waals surface area contributed by atoms with Gasteiger partial charge in [-0.25, -0.2) is 4.98 Å². The van der Waals surface area contributed by atoms with Gasteiger partial charge in [0.1, 0.15) is 11.9 Å². The third-order valence-corrected chi connectivity index (χ3v) is 3.04. The van der Waals surface area contributed by atoms with Gasteiger partial charge in [0.2, 0.25) is 5.88 Å². The molecule has 5 heteroatoms. The minimum atomic E-state index is -0.686. The maximum absolute atomic E-state index is 9.99. The maximum Gasteiger partial charge on any atom is 0.212 e. The molecule has 0 radical (unpaired) electrons. The number of hydrogen-bond donors (Lipinski definition) is 1. The van der Waals surface area contributed by atoms with Gasteiger partial charge in [0.05, 0.1) is 17.8 Å². The summed E-state index contributed by atoms with van der Waals surface area (Å²) in [6.45, 7) is 0. The van der Waals surface area contributed by atoms with Gasteiger partial charge in [-0.2, -0.15) is 0 Å². The lowest BCUT2D eigenvalue weighted by atomic mass is 10.1. The van der Waals surface area contributed by atoms with E-state index in [0.29, 0.717) is 18.1 Å². The first-order valence-corrected chi connectivity index (χ1v) is 5.90. The largest absolute Gasteiger partial charge is 0.481 e. The second-order valence-corrected chi connectivity index (χ2v) is 4.42. The highest BCUT2D eigenvalue weighted by Crippen LogP contribution is 2.27. The third kappa shape index (κ3) is 2.87. The Morgan fingerprint density at radius 2 is 2.29 bits per heavy atom. The molecular formula is C12H12BrNO3. The number of aliphatic hydroxyl groups is 1. The van der Waals surface area contributed by atoms with Crippen LogP contribution < -0.4 is 4.74 Å². The quantitative estimate of drug-likeness (QED) is 0.943. The molecule has 2 aromatic heterocycles. The van der Waals surface area contributed by atoms with Crippen molar-refractivity contribution in [2.75, 3.05) is 7.11 Å². The molecule has 0 spiro atoms. The van der Waals surface area contributed by atoms with E-state index < -0.39 is 6.10 Å². The molecule has 1 N–H and O–H groups in total. The van der Waals surface area contributed by atoms with Gasteiger partial charge >= 0.3 is 0 Å². The number of aromatic nitrogens is 1. The van der Waals surface area contributed by atoms with Gasteiger partial charge in [-0.3, -0.25) is 0 Å². The first kappa shape index (κ1) is 12.1. The molecule has 1 unspecified atom stereocenters. The van der Waals surface area contributed by atoms with E-state index in [2.05, 4.69) is 20.9 Å². The van der Waals surface area contributed by atoms with Gasteiger partial charge in [-0.15, -0.1) is 0 Å². The molecule has 0 aliphatic carbocycles. The van der Waals surface area contributed by atoms with Crippen LogP contribution in [-0.4, -0.2) is 17.2 Å². The molecule has 4 nitrogen and oxygen atoms in total. The molecule has 0 aliphatic rings. The Balaban J connectivity index is 2.07. The maximum atomic E-state index is 9.99. The Kier molecular flexibility index (Phi) is 3.81. The fraction of sp³-hybridized carbons (Fsp3) is 0.250. The van der Waals surface area contributed by atoms with E-state index in [9.17, 15) is 5.11 Å². The van der Waals surface area contributed by atoms with Crippen LogP contribution in [0.2, 0.25) is 0 Å². The summed E-state index contributed by atoms with van der Waals surface area (Å²) in [4.78, 5) is 4.08. The molecule has 2 aromatic rings. The average Bonchev–Trinajstić information content (AvgIpc) is 2.76. The van der Waals surface area contributed by atoms with Gasteiger partial charge in [0, 0.05) is 18.7 Å². The number of ether oxygens (including phenoxy) is 1. The zero-order valence-corrected chi connectivity index (χ0v) is 10.8. The van der Waals surface area contributed by atoms with Crippen LogP contribution in [-0.2, 0) is 6.42 Å². The lowest BCUT2D eigenvalue weighted by Gasteiger charge is -2.08. The number of pyridine rings is 1. The van der Waals surface area contributed by atoms with Crippen LogP contribution in [0.25, 0.3) is 0 Å². The third-order valence-electron chi connectivity index (χ3n) is 2.38. The van der Waals surface area contributed by atoms with E-state index in [4.69, 9.17) is 9.15 Å². The normalized spacial score (nSPS) is 12.4. The summed E-state index contributed by atoms with van der Waals surface area (Å²) in [6, 6.07) is 5.38. The Morgan fingerprint density at radius 1 is 1.47 bits per heavy atom. The summed E-state index contributed by atoms with van der Waals surface area (Å²) < 4.78 is 10.9. The first-order chi connectivity index (χ1) is 8.20. The highest BCUT2D eigenvalue weighted by molar-refractivity contribution is 9.10. The van der Waals surface area contributed by atoms with Crippen molar-refractivity contribution >= 4 is 15.9 Å². The summed E-state index contributed by atoms with van der Waals surface area (Å²) in [7, 11) is 1.57. The highest BCUT2D eigenvalue weighted by Gasteiger charge is 2.15. The van der Waals surface area contributed by atoms with Gasteiger partial charge in [0.15, 0.2) is 0 Å². The van der Waals surface area contributed by atoms with Gasteiger partial charge in [-0.1, -0.05) is 6.07 Å². The highest BCUT2D eigenvalue weighted by atomic mass is 79.9. The van der Waals surface area contributed by atoms with Crippen LogP contribution in [0.3, 0.4) is 0 Å². The molecule has 0 aromatic carbocycles. The molecule has 2 heterocycles. The number of nitrogens with zero attached hydrogens (tertiary/aromatic N) is 1. The van der Waals surface area contributed by atoms with Gasteiger partial charge in [-0.05, 0) is 27.6 Å². The molecule has 90 valence electrons. The summed E-state index contributed by atoms with van der Waals surface area (Å²) in [5.41, 5.74) is 0.918. The fourth-order valence-corrected chi connectivity index (χ4v) is 1.98. The van der Waals surface area contributed by atoms with Crippen molar-refractivity contribution in [2.24, 2.45) is 0 Å². The van der Waals surface area contributed by atoms with E-state index in [0.717, 1.165) is 10.0 Å². The Hall–Kier alpha value is -1.33. The minimum absolute atomic E-state index is 0.448. The monoisotopic (exact) mass is 297 g/mol. The molecule has 0 saturated heterocycles. The van der Waals surface area contributed by atoms with Crippen molar-refractivity contribution in [3.05, 3.63) is 46.5 Å². The van der Waals surface area contributed by atoms with Gasteiger partial charge < -0.3 is 14.3 Å². The zero-order chi connectivity index (χ0) is 12.3. The smallest absolute Gasteiger partial charge is 0.212 e. The number of furan rings is 1. The van der Waals surface area contributed by atoms with E-state index in [1.54, 1.807) is 25.4 Å². The molecule has 0 saturated carbocycles. The van der Waals surface area contributed by atoms with Crippen molar-refractivity contribution < 1.29 is 14.3 Å². The fourth-order valence-electron chi connectivity index (χ4n) is 1.51. The lowest BCUT2D eigenvalue weighted by Crippen LogP contribution is -2.01. The average molecular weight is 298 g/mol. The van der Waals surface area contributed by atoms with Crippen LogP contribution in [0, 0.1) is 0 Å². The molecular weight excluding hydrogens is 286 g/mol. The van der Waals surface area contributed by atoms with Crippen LogP contribution in [0.4, 0.5) is 0 Å². The summed E-state index contributed by atoms with van der Waals surface area (Å²) in [6.07, 6.45) is 2.98. The predicted molar refractivity (Wildman–Crippen MR) is 65.9 cm³/mol. The molecule has 0 fully saturated rings. The Labute approximate surface area is 107 Å². The molecule has 0 aliphatic heterocycles. The van der Waals surface area contributed by atoms with Crippen molar-refractivity contribution in [3.8, 4) is 5.88 Å². The van der Waals surface area contributed by atoms with E-state index >= 15 is 0 Å². The van der Waals surface area contributed by atoms with Crippen LogP contribution in [0.5, 0.6) is 5.88 Å². The van der Waals surface area contributed by atoms with Crippen molar-refractivity contribution in [1.82, 2.24) is 4.98 Å². The number of aliphatic hydroxyl groups excluding tert-OH is 1. The van der Waals surface area contributed by atoms with E-state index in [-0.39, 0.29) is 0 Å². The van der Waals surface area contributed by atoms with E-state index in [1.807, 2.05) is 6.07 Å². The number of hydrogen-bond acceptors (Lipinski definition) is 4. The molecule has 0 amide bonds. The lowest BCUT2D eigenvalue weighted by molar-refractivity contribution is 0.149. The molecule has 1 atom stereocenters. The number of methoxy groups -OCH3 is 1. The Bertz CT molecular complexity index is 481. The first-order valence-electron chi connectivity index (χ1n) is 5.10. The van der Waals surface area contributed by atoms with Crippen LogP contribution in [0.1, 0.15) is 17.4 Å². The predicted octanol–water partition coefficient (Wildman–Crippen LogP) is 2.72. The Morgan fingerprint density at radius 3 is 2.82 bits per heavy atom. The van der Waals surface area contributed by atoms with Crippen molar-refractivity contribution in [1.29, 1.82) is 0 Å². The standard InChI is InChI=1S/C12H12BrNO3/c1-16-11-3-2-8(7-14-11)6-10(15)12-9(13)4-5-17-12/h2-5,7,10,15H,6H2,1H3. The summed E-state index contributed by atoms with van der Waals surface area (Å²) in [5, 5.41) is 9.99. The second-order valence-electron chi connectivity index (χ2n) is 3.56. The minimum Gasteiger partial charge on any atom is -0.481 e. The summed E-state index contributed by atoms with van der Waals surface area (Å²) >= 11 is 3.31. The van der Waals surface area contributed by atoms with E-state index in [1.165, 1.54) is 6.26 Å². The van der Waals surface area contributed by atoms with Crippen LogP contribution >= 0.6 is 15.9 Å².